The molecular weight excluding hydrogens is 218 g/mol. The van der Waals surface area contributed by atoms with Gasteiger partial charge in [0, 0.05) is 32.1 Å². The van der Waals surface area contributed by atoms with Crippen LogP contribution in [0.1, 0.15) is 22.8 Å². The number of amides is 2. The van der Waals surface area contributed by atoms with Crippen molar-refractivity contribution < 1.29 is 9.59 Å². The van der Waals surface area contributed by atoms with Gasteiger partial charge in [-0.3, -0.25) is 9.59 Å². The van der Waals surface area contributed by atoms with Crippen LogP contribution in [0.3, 0.4) is 0 Å². The largest absolute Gasteiger partial charge is 0.355 e. The Labute approximate surface area is 100 Å². The third kappa shape index (κ3) is 4.65. The fraction of sp³-hybridized carbons (Fsp3) is 0.333. The topological polar surface area (TPSA) is 84.2 Å². The van der Waals surface area contributed by atoms with Gasteiger partial charge in [-0.25, -0.2) is 0 Å². The molecule has 92 valence electrons. The molecule has 5 heteroatoms. The molecule has 0 heterocycles. The average molecular weight is 235 g/mol. The maximum Gasteiger partial charge on any atom is 0.251 e. The molecule has 0 aliphatic carbocycles. The normalized spacial score (nSPS) is 9.76. The first-order chi connectivity index (χ1) is 8.13. The molecule has 4 N–H and O–H groups in total. The van der Waals surface area contributed by atoms with Crippen LogP contribution in [0.15, 0.2) is 24.3 Å². The first kappa shape index (κ1) is 13.2. The van der Waals surface area contributed by atoms with Crippen molar-refractivity contribution in [1.29, 1.82) is 0 Å². The number of carbonyl (C=O) groups excluding carboxylic acids is 2. The lowest BCUT2D eigenvalue weighted by Gasteiger charge is -2.06. The highest BCUT2D eigenvalue weighted by molar-refractivity contribution is 5.94. The second-order valence-corrected chi connectivity index (χ2v) is 3.64. The number of nitrogens with one attached hydrogen (secondary N) is 2. The lowest BCUT2D eigenvalue weighted by atomic mass is 10.1. The van der Waals surface area contributed by atoms with E-state index in [1.807, 2.05) is 12.1 Å². The maximum atomic E-state index is 11.6. The molecule has 1 aromatic carbocycles. The second kappa shape index (κ2) is 6.65. The van der Waals surface area contributed by atoms with Crippen molar-refractivity contribution in [2.75, 3.05) is 13.1 Å². The van der Waals surface area contributed by atoms with Gasteiger partial charge in [0.05, 0.1) is 0 Å². The van der Waals surface area contributed by atoms with Gasteiger partial charge in [0.25, 0.3) is 5.91 Å². The Bertz CT molecular complexity index is 387. The zero-order chi connectivity index (χ0) is 12.7. The predicted molar refractivity (Wildman–Crippen MR) is 65.4 cm³/mol. The molecule has 2 amide bonds. The van der Waals surface area contributed by atoms with Crippen molar-refractivity contribution in [1.82, 2.24) is 10.6 Å². The van der Waals surface area contributed by atoms with Gasteiger partial charge in [-0.1, -0.05) is 12.1 Å². The molecule has 0 aliphatic rings. The molecule has 0 aromatic heterocycles. The molecule has 0 bridgehead atoms. The predicted octanol–water partition coefficient (Wildman–Crippen LogP) is 0.0112. The van der Waals surface area contributed by atoms with E-state index >= 15 is 0 Å². The molecule has 0 saturated carbocycles. The van der Waals surface area contributed by atoms with Crippen LogP contribution in [-0.4, -0.2) is 24.9 Å². The van der Waals surface area contributed by atoms with Crippen molar-refractivity contribution in [2.45, 2.75) is 13.5 Å². The summed E-state index contributed by atoms with van der Waals surface area (Å²) in [5.74, 6) is -0.259. The van der Waals surface area contributed by atoms with Gasteiger partial charge in [0.15, 0.2) is 0 Å². The van der Waals surface area contributed by atoms with Crippen LogP contribution < -0.4 is 16.4 Å². The van der Waals surface area contributed by atoms with E-state index in [9.17, 15) is 9.59 Å². The Morgan fingerprint density at radius 3 is 2.24 bits per heavy atom. The summed E-state index contributed by atoms with van der Waals surface area (Å²) in [6.07, 6.45) is 0. The number of benzene rings is 1. The van der Waals surface area contributed by atoms with Crippen LogP contribution >= 0.6 is 0 Å². The standard InChI is InChI=1S/C12H17N3O2/c1-9(16)14-6-7-15-12(17)11-4-2-10(8-13)3-5-11/h2-5H,6-8,13H2,1H3,(H,14,16)(H,15,17). The van der Waals surface area contributed by atoms with Crippen molar-refractivity contribution in [3.05, 3.63) is 35.4 Å². The van der Waals surface area contributed by atoms with Crippen molar-refractivity contribution in [3.8, 4) is 0 Å². The molecule has 5 nitrogen and oxygen atoms in total. The van der Waals surface area contributed by atoms with Gasteiger partial charge >= 0.3 is 0 Å². The molecule has 0 atom stereocenters. The monoisotopic (exact) mass is 235 g/mol. The molecule has 1 aromatic rings. The summed E-state index contributed by atoms with van der Waals surface area (Å²) in [7, 11) is 0. The minimum absolute atomic E-state index is 0.105. The Morgan fingerprint density at radius 2 is 1.71 bits per heavy atom. The van der Waals surface area contributed by atoms with Gasteiger partial charge in [-0.05, 0) is 17.7 Å². The highest BCUT2D eigenvalue weighted by Crippen LogP contribution is 2.03. The van der Waals surface area contributed by atoms with Gasteiger partial charge in [-0.15, -0.1) is 0 Å². The van der Waals surface area contributed by atoms with Crippen LogP contribution in [0.5, 0.6) is 0 Å². The first-order valence-electron chi connectivity index (χ1n) is 5.45. The molecule has 0 unspecified atom stereocenters. The van der Waals surface area contributed by atoms with Crippen molar-refractivity contribution >= 4 is 11.8 Å². The van der Waals surface area contributed by atoms with Crippen LogP contribution in [0.25, 0.3) is 0 Å². The molecule has 0 fully saturated rings. The molecule has 1 rings (SSSR count). The van der Waals surface area contributed by atoms with Crippen LogP contribution in [-0.2, 0) is 11.3 Å². The molecule has 0 radical (unpaired) electrons. The van der Waals surface area contributed by atoms with Crippen LogP contribution in [0.4, 0.5) is 0 Å². The molecule has 0 saturated heterocycles. The van der Waals surface area contributed by atoms with Crippen molar-refractivity contribution in [2.24, 2.45) is 5.73 Å². The summed E-state index contributed by atoms with van der Waals surface area (Å²) >= 11 is 0. The van der Waals surface area contributed by atoms with E-state index in [-0.39, 0.29) is 11.8 Å². The third-order valence-electron chi connectivity index (χ3n) is 2.24. The zero-order valence-electron chi connectivity index (χ0n) is 9.82. The fourth-order valence-corrected chi connectivity index (χ4v) is 1.31. The lowest BCUT2D eigenvalue weighted by Crippen LogP contribution is -2.33. The van der Waals surface area contributed by atoms with E-state index in [1.54, 1.807) is 12.1 Å². The smallest absolute Gasteiger partial charge is 0.251 e. The number of rotatable bonds is 5. The summed E-state index contributed by atoms with van der Waals surface area (Å²) in [4.78, 5) is 22.2. The molecular formula is C12H17N3O2. The van der Waals surface area contributed by atoms with E-state index in [4.69, 9.17) is 5.73 Å². The fourth-order valence-electron chi connectivity index (χ4n) is 1.31. The maximum absolute atomic E-state index is 11.6. The van der Waals surface area contributed by atoms with E-state index in [1.165, 1.54) is 6.92 Å². The summed E-state index contributed by atoms with van der Waals surface area (Å²) in [5, 5.41) is 5.31. The summed E-state index contributed by atoms with van der Waals surface area (Å²) in [6, 6.07) is 7.11. The van der Waals surface area contributed by atoms with Gasteiger partial charge in [0.2, 0.25) is 5.91 Å². The van der Waals surface area contributed by atoms with E-state index in [2.05, 4.69) is 10.6 Å². The number of carbonyl (C=O) groups is 2. The highest BCUT2D eigenvalue weighted by atomic mass is 16.2. The van der Waals surface area contributed by atoms with Crippen LogP contribution in [0.2, 0.25) is 0 Å². The number of hydrogen-bond acceptors (Lipinski definition) is 3. The minimum atomic E-state index is -0.154. The third-order valence-corrected chi connectivity index (χ3v) is 2.24. The number of nitrogens with two attached hydrogens (primary N) is 1. The summed E-state index contributed by atoms with van der Waals surface area (Å²) in [6.45, 7) is 2.75. The van der Waals surface area contributed by atoms with E-state index in [0.717, 1.165) is 5.56 Å². The lowest BCUT2D eigenvalue weighted by molar-refractivity contribution is -0.118. The van der Waals surface area contributed by atoms with Crippen molar-refractivity contribution in [3.63, 3.8) is 0 Å². The van der Waals surface area contributed by atoms with Gasteiger partial charge in [0.1, 0.15) is 0 Å². The Kier molecular flexibility index (Phi) is 5.16. The first-order valence-corrected chi connectivity index (χ1v) is 5.45. The Hall–Kier alpha value is -1.88. The average Bonchev–Trinajstić information content (AvgIpc) is 2.34. The zero-order valence-corrected chi connectivity index (χ0v) is 9.82. The quantitative estimate of drug-likeness (QED) is 0.629. The Morgan fingerprint density at radius 1 is 1.12 bits per heavy atom. The van der Waals surface area contributed by atoms with Crippen LogP contribution in [0, 0.1) is 0 Å². The van der Waals surface area contributed by atoms with Gasteiger partial charge in [-0.2, -0.15) is 0 Å². The summed E-state index contributed by atoms with van der Waals surface area (Å²) in [5.41, 5.74) is 7.04. The highest BCUT2D eigenvalue weighted by Gasteiger charge is 2.03. The Balaban J connectivity index is 2.38. The second-order valence-electron chi connectivity index (χ2n) is 3.64. The molecule has 0 aliphatic heterocycles. The van der Waals surface area contributed by atoms with E-state index in [0.29, 0.717) is 25.2 Å². The SMILES string of the molecule is CC(=O)NCCNC(=O)c1ccc(CN)cc1. The van der Waals surface area contributed by atoms with E-state index < -0.39 is 0 Å². The summed E-state index contributed by atoms with van der Waals surface area (Å²) < 4.78 is 0. The minimum Gasteiger partial charge on any atom is -0.355 e. The number of hydrogen-bond donors (Lipinski definition) is 3. The van der Waals surface area contributed by atoms with Gasteiger partial charge < -0.3 is 16.4 Å². The molecule has 0 spiro atoms. The molecule has 17 heavy (non-hydrogen) atoms.